The standard InChI is InChI=1S/C16H15F3N2O/c1-11-6-8-12(9-7-11)10-15(22)21-20-14-5-3-2-4-13(14)16(17,18)19/h2-9,20H,10H2,1H3,(H,21,22). The van der Waals surface area contributed by atoms with Crippen LogP contribution < -0.4 is 10.9 Å². The van der Waals surface area contributed by atoms with E-state index in [2.05, 4.69) is 10.9 Å². The molecule has 3 nitrogen and oxygen atoms in total. The maximum absolute atomic E-state index is 12.8. The fraction of sp³-hybridized carbons (Fsp3) is 0.188. The van der Waals surface area contributed by atoms with Gasteiger partial charge in [0.1, 0.15) is 0 Å². The number of rotatable bonds is 4. The van der Waals surface area contributed by atoms with Gasteiger partial charge in [-0.15, -0.1) is 0 Å². The van der Waals surface area contributed by atoms with Gasteiger partial charge < -0.3 is 0 Å². The number of carbonyl (C=O) groups is 1. The first-order chi connectivity index (χ1) is 10.4. The largest absolute Gasteiger partial charge is 0.418 e. The Morgan fingerprint density at radius 1 is 1.05 bits per heavy atom. The zero-order valence-electron chi connectivity index (χ0n) is 11.9. The quantitative estimate of drug-likeness (QED) is 0.846. The summed E-state index contributed by atoms with van der Waals surface area (Å²) in [5, 5.41) is 0. The summed E-state index contributed by atoms with van der Waals surface area (Å²) in [5.74, 6) is -0.416. The summed E-state index contributed by atoms with van der Waals surface area (Å²) < 4.78 is 38.4. The second-order valence-electron chi connectivity index (χ2n) is 4.88. The van der Waals surface area contributed by atoms with E-state index in [9.17, 15) is 18.0 Å². The normalized spacial score (nSPS) is 11.1. The van der Waals surface area contributed by atoms with E-state index in [1.807, 2.05) is 19.1 Å². The molecular formula is C16H15F3N2O. The number of para-hydroxylation sites is 1. The molecule has 0 aliphatic heterocycles. The highest BCUT2D eigenvalue weighted by Crippen LogP contribution is 2.34. The first kappa shape index (κ1) is 15.9. The third-order valence-corrected chi connectivity index (χ3v) is 3.05. The van der Waals surface area contributed by atoms with Crippen molar-refractivity contribution < 1.29 is 18.0 Å². The number of carbonyl (C=O) groups excluding carboxylic acids is 1. The van der Waals surface area contributed by atoms with E-state index < -0.39 is 17.6 Å². The summed E-state index contributed by atoms with van der Waals surface area (Å²) in [5.41, 5.74) is 5.46. The molecule has 2 aromatic carbocycles. The minimum absolute atomic E-state index is 0.0848. The number of hydrazine groups is 1. The Hall–Kier alpha value is -2.50. The van der Waals surface area contributed by atoms with Gasteiger partial charge in [0.15, 0.2) is 0 Å². The van der Waals surface area contributed by atoms with Crippen molar-refractivity contribution in [3.8, 4) is 0 Å². The van der Waals surface area contributed by atoms with Gasteiger partial charge >= 0.3 is 6.18 Å². The van der Waals surface area contributed by atoms with E-state index in [1.165, 1.54) is 18.2 Å². The van der Waals surface area contributed by atoms with Gasteiger partial charge in [0.2, 0.25) is 5.91 Å². The van der Waals surface area contributed by atoms with Crippen molar-refractivity contribution in [2.45, 2.75) is 19.5 Å². The highest BCUT2D eigenvalue weighted by atomic mass is 19.4. The predicted octanol–water partition coefficient (Wildman–Crippen LogP) is 3.70. The van der Waals surface area contributed by atoms with Crippen molar-refractivity contribution in [3.05, 3.63) is 65.2 Å². The monoisotopic (exact) mass is 308 g/mol. The lowest BCUT2D eigenvalue weighted by Crippen LogP contribution is -2.31. The van der Waals surface area contributed by atoms with Crippen molar-refractivity contribution >= 4 is 11.6 Å². The Kier molecular flexibility index (Phi) is 4.70. The fourth-order valence-electron chi connectivity index (χ4n) is 1.91. The molecule has 2 aromatic rings. The highest BCUT2D eigenvalue weighted by Gasteiger charge is 2.33. The van der Waals surface area contributed by atoms with Crippen LogP contribution in [0.25, 0.3) is 0 Å². The highest BCUT2D eigenvalue weighted by molar-refractivity contribution is 5.80. The van der Waals surface area contributed by atoms with Gasteiger partial charge in [-0.05, 0) is 24.6 Å². The lowest BCUT2D eigenvalue weighted by atomic mass is 10.1. The number of nitrogens with one attached hydrogen (secondary N) is 2. The number of benzene rings is 2. The number of hydrogen-bond acceptors (Lipinski definition) is 2. The van der Waals surface area contributed by atoms with Crippen molar-refractivity contribution in [1.82, 2.24) is 5.43 Å². The Labute approximate surface area is 126 Å². The first-order valence-corrected chi connectivity index (χ1v) is 6.63. The molecular weight excluding hydrogens is 293 g/mol. The summed E-state index contributed by atoms with van der Waals surface area (Å²) in [6, 6.07) is 12.3. The van der Waals surface area contributed by atoms with Crippen LogP contribution in [0.5, 0.6) is 0 Å². The molecule has 0 heterocycles. The van der Waals surface area contributed by atoms with E-state index in [0.717, 1.165) is 17.2 Å². The van der Waals surface area contributed by atoms with Gasteiger partial charge in [0.05, 0.1) is 17.7 Å². The Morgan fingerprint density at radius 3 is 2.32 bits per heavy atom. The number of alkyl halides is 3. The molecule has 0 aliphatic rings. The summed E-state index contributed by atoms with van der Waals surface area (Å²) in [6.45, 7) is 1.93. The number of halogens is 3. The average Bonchev–Trinajstić information content (AvgIpc) is 2.47. The lowest BCUT2D eigenvalue weighted by Gasteiger charge is -2.15. The van der Waals surface area contributed by atoms with Crippen molar-refractivity contribution in [2.24, 2.45) is 0 Å². The van der Waals surface area contributed by atoms with E-state index in [0.29, 0.717) is 0 Å². The van der Waals surface area contributed by atoms with Crippen LogP contribution in [0.2, 0.25) is 0 Å². The van der Waals surface area contributed by atoms with Gasteiger partial charge in [-0.3, -0.25) is 15.6 Å². The van der Waals surface area contributed by atoms with Crippen LogP contribution in [0.1, 0.15) is 16.7 Å². The molecule has 0 saturated heterocycles. The van der Waals surface area contributed by atoms with Crippen LogP contribution >= 0.6 is 0 Å². The summed E-state index contributed by atoms with van der Waals surface area (Å²) in [4.78, 5) is 11.8. The lowest BCUT2D eigenvalue weighted by molar-refractivity contribution is -0.137. The van der Waals surface area contributed by atoms with Gasteiger partial charge in [0.25, 0.3) is 0 Å². The number of hydrogen-bond donors (Lipinski definition) is 2. The predicted molar refractivity (Wildman–Crippen MR) is 78.1 cm³/mol. The van der Waals surface area contributed by atoms with Crippen LogP contribution in [-0.4, -0.2) is 5.91 Å². The fourth-order valence-corrected chi connectivity index (χ4v) is 1.91. The zero-order valence-corrected chi connectivity index (χ0v) is 11.9. The van der Waals surface area contributed by atoms with Gasteiger partial charge in [-0.1, -0.05) is 42.0 Å². The first-order valence-electron chi connectivity index (χ1n) is 6.63. The van der Waals surface area contributed by atoms with Gasteiger partial charge in [-0.25, -0.2) is 0 Å². The summed E-state index contributed by atoms with van der Waals surface area (Å²) in [7, 11) is 0. The minimum atomic E-state index is -4.48. The third-order valence-electron chi connectivity index (χ3n) is 3.05. The van der Waals surface area contributed by atoms with Crippen LogP contribution in [0.15, 0.2) is 48.5 Å². The summed E-state index contributed by atoms with van der Waals surface area (Å²) in [6.07, 6.45) is -4.40. The van der Waals surface area contributed by atoms with Crippen molar-refractivity contribution in [2.75, 3.05) is 5.43 Å². The van der Waals surface area contributed by atoms with E-state index in [-0.39, 0.29) is 12.1 Å². The molecule has 0 spiro atoms. The van der Waals surface area contributed by atoms with Crippen molar-refractivity contribution in [1.29, 1.82) is 0 Å². The number of amides is 1. The van der Waals surface area contributed by atoms with E-state index in [1.54, 1.807) is 12.1 Å². The molecule has 2 N–H and O–H groups in total. The van der Waals surface area contributed by atoms with Gasteiger partial charge in [-0.2, -0.15) is 13.2 Å². The Morgan fingerprint density at radius 2 is 1.68 bits per heavy atom. The second kappa shape index (κ2) is 6.51. The van der Waals surface area contributed by atoms with Crippen LogP contribution in [0.3, 0.4) is 0 Å². The number of anilines is 1. The maximum Gasteiger partial charge on any atom is 0.418 e. The molecule has 0 atom stereocenters. The summed E-state index contributed by atoms with van der Waals surface area (Å²) >= 11 is 0. The molecule has 22 heavy (non-hydrogen) atoms. The molecule has 0 bridgehead atoms. The molecule has 0 unspecified atom stereocenters. The zero-order chi connectivity index (χ0) is 16.2. The van der Waals surface area contributed by atoms with E-state index in [4.69, 9.17) is 0 Å². The Bertz CT molecular complexity index is 651. The SMILES string of the molecule is Cc1ccc(CC(=O)NNc2ccccc2C(F)(F)F)cc1. The van der Waals surface area contributed by atoms with E-state index >= 15 is 0 Å². The number of aryl methyl sites for hydroxylation is 1. The Balaban J connectivity index is 1.98. The molecule has 0 aromatic heterocycles. The van der Waals surface area contributed by atoms with Crippen LogP contribution in [-0.2, 0) is 17.4 Å². The van der Waals surface area contributed by atoms with Gasteiger partial charge in [0, 0.05) is 0 Å². The molecule has 0 radical (unpaired) electrons. The topological polar surface area (TPSA) is 41.1 Å². The maximum atomic E-state index is 12.8. The molecule has 1 amide bonds. The molecule has 0 fully saturated rings. The molecule has 2 rings (SSSR count). The molecule has 116 valence electrons. The molecule has 0 aliphatic carbocycles. The molecule has 6 heteroatoms. The van der Waals surface area contributed by atoms with Crippen molar-refractivity contribution in [3.63, 3.8) is 0 Å². The van der Waals surface area contributed by atoms with Crippen LogP contribution in [0.4, 0.5) is 18.9 Å². The average molecular weight is 308 g/mol. The smallest absolute Gasteiger partial charge is 0.298 e. The third kappa shape index (κ3) is 4.25. The van der Waals surface area contributed by atoms with Crippen LogP contribution in [0, 0.1) is 6.92 Å². The minimum Gasteiger partial charge on any atom is -0.298 e. The second-order valence-corrected chi connectivity index (χ2v) is 4.88. The molecule has 0 saturated carbocycles.